The summed E-state index contributed by atoms with van der Waals surface area (Å²) in [6, 6.07) is 4.41. The Morgan fingerprint density at radius 2 is 2.36 bits per heavy atom. The van der Waals surface area contributed by atoms with Crippen molar-refractivity contribution in [2.24, 2.45) is 5.73 Å². The Bertz CT molecular complexity index is 292. The van der Waals surface area contributed by atoms with E-state index in [0.717, 1.165) is 4.90 Å². The van der Waals surface area contributed by atoms with Crippen molar-refractivity contribution < 1.29 is 9.13 Å². The summed E-state index contributed by atoms with van der Waals surface area (Å²) in [6.45, 7) is 0. The van der Waals surface area contributed by atoms with Gasteiger partial charge >= 0.3 is 0 Å². The summed E-state index contributed by atoms with van der Waals surface area (Å²) in [5.74, 6) is 0.251. The molecule has 4 heteroatoms. The number of hydrogen-bond acceptors (Lipinski definition) is 3. The zero-order chi connectivity index (χ0) is 7.84. The fourth-order valence-corrected chi connectivity index (χ4v) is 1.72. The highest BCUT2D eigenvalue weighted by Crippen LogP contribution is 2.38. The van der Waals surface area contributed by atoms with Crippen LogP contribution in [0.5, 0.6) is 5.75 Å². The van der Waals surface area contributed by atoms with E-state index in [4.69, 9.17) is 10.5 Å². The average molecular weight is 171 g/mol. The minimum absolute atomic E-state index is 0.293. The summed E-state index contributed by atoms with van der Waals surface area (Å²) < 4.78 is 17.6. The molecule has 1 unspecified atom stereocenters. The van der Waals surface area contributed by atoms with Crippen LogP contribution in [0.25, 0.3) is 0 Å². The predicted molar refractivity (Wildman–Crippen MR) is 40.9 cm³/mol. The van der Waals surface area contributed by atoms with Crippen LogP contribution in [0.15, 0.2) is 23.1 Å². The molecule has 0 amide bonds. The highest BCUT2D eigenvalue weighted by atomic mass is 32.2. The van der Waals surface area contributed by atoms with Crippen LogP contribution in [0.1, 0.15) is 0 Å². The SMILES string of the molecule is NC1Oc2cc(F)ccc2S1. The van der Waals surface area contributed by atoms with Gasteiger partial charge in [-0.15, -0.1) is 0 Å². The minimum atomic E-state index is -0.383. The van der Waals surface area contributed by atoms with E-state index in [1.165, 1.54) is 23.9 Å². The molecule has 0 bridgehead atoms. The van der Waals surface area contributed by atoms with Gasteiger partial charge in [0.05, 0.1) is 4.90 Å². The van der Waals surface area contributed by atoms with Crippen LogP contribution in [-0.2, 0) is 0 Å². The second-order valence-corrected chi connectivity index (χ2v) is 3.34. The number of ether oxygens (including phenoxy) is 1. The van der Waals surface area contributed by atoms with Gasteiger partial charge in [0.1, 0.15) is 11.6 Å². The third-order valence-corrected chi connectivity index (χ3v) is 2.31. The molecule has 2 nitrogen and oxygen atoms in total. The van der Waals surface area contributed by atoms with E-state index in [1.54, 1.807) is 6.07 Å². The third kappa shape index (κ3) is 1.19. The number of halogens is 1. The van der Waals surface area contributed by atoms with Crippen LogP contribution >= 0.6 is 11.8 Å². The average Bonchev–Trinajstić information content (AvgIpc) is 2.27. The molecule has 0 radical (unpaired) electrons. The maximum absolute atomic E-state index is 12.6. The van der Waals surface area contributed by atoms with Crippen LogP contribution in [0.2, 0.25) is 0 Å². The van der Waals surface area contributed by atoms with Gasteiger partial charge in [0.2, 0.25) is 5.56 Å². The minimum Gasteiger partial charge on any atom is -0.465 e. The van der Waals surface area contributed by atoms with Crippen molar-refractivity contribution in [2.45, 2.75) is 10.5 Å². The number of benzene rings is 1. The highest BCUT2D eigenvalue weighted by molar-refractivity contribution is 8.00. The van der Waals surface area contributed by atoms with Crippen molar-refractivity contribution in [1.29, 1.82) is 0 Å². The van der Waals surface area contributed by atoms with E-state index in [9.17, 15) is 4.39 Å². The summed E-state index contributed by atoms with van der Waals surface area (Å²) in [4.78, 5) is 0.902. The number of thioether (sulfide) groups is 1. The predicted octanol–water partition coefficient (Wildman–Crippen LogP) is 1.55. The number of rotatable bonds is 0. The second-order valence-electron chi connectivity index (χ2n) is 2.20. The highest BCUT2D eigenvalue weighted by Gasteiger charge is 2.19. The third-order valence-electron chi connectivity index (χ3n) is 1.39. The van der Waals surface area contributed by atoms with Crippen LogP contribution in [0.3, 0.4) is 0 Å². The van der Waals surface area contributed by atoms with E-state index in [-0.39, 0.29) is 11.4 Å². The molecule has 1 aliphatic rings. The Morgan fingerprint density at radius 3 is 3.18 bits per heavy atom. The van der Waals surface area contributed by atoms with Gasteiger partial charge in [-0.1, -0.05) is 11.8 Å². The summed E-state index contributed by atoms with van der Waals surface area (Å²) >= 11 is 1.39. The van der Waals surface area contributed by atoms with Gasteiger partial charge in [-0.3, -0.25) is 5.73 Å². The van der Waals surface area contributed by atoms with E-state index < -0.39 is 0 Å². The lowest BCUT2D eigenvalue weighted by molar-refractivity contribution is 0.302. The number of nitrogens with two attached hydrogens (primary N) is 1. The molecule has 2 rings (SSSR count). The van der Waals surface area contributed by atoms with Crippen molar-refractivity contribution in [3.05, 3.63) is 24.0 Å². The van der Waals surface area contributed by atoms with Crippen molar-refractivity contribution >= 4 is 11.8 Å². The van der Waals surface area contributed by atoms with Gasteiger partial charge in [-0.2, -0.15) is 0 Å². The van der Waals surface area contributed by atoms with Gasteiger partial charge in [0.15, 0.2) is 0 Å². The lowest BCUT2D eigenvalue weighted by atomic mass is 10.3. The van der Waals surface area contributed by atoms with Gasteiger partial charge in [0, 0.05) is 6.07 Å². The standard InChI is InChI=1S/C7H6FNOS/c8-4-1-2-6-5(3-4)10-7(9)11-6/h1-3,7H,9H2. The van der Waals surface area contributed by atoms with E-state index in [1.807, 2.05) is 0 Å². The normalized spacial score (nSPS) is 21.1. The van der Waals surface area contributed by atoms with Crippen molar-refractivity contribution in [2.75, 3.05) is 0 Å². The van der Waals surface area contributed by atoms with Gasteiger partial charge in [0.25, 0.3) is 0 Å². The van der Waals surface area contributed by atoms with E-state index in [0.29, 0.717) is 5.75 Å². The Balaban J connectivity index is 2.43. The molecule has 0 spiro atoms. The Morgan fingerprint density at radius 1 is 1.55 bits per heavy atom. The molecular formula is C7H6FNOS. The monoisotopic (exact) mass is 171 g/mol. The van der Waals surface area contributed by atoms with Crippen LogP contribution in [0.4, 0.5) is 4.39 Å². The van der Waals surface area contributed by atoms with Gasteiger partial charge in [-0.05, 0) is 12.1 Å². The largest absolute Gasteiger partial charge is 0.465 e. The molecule has 0 saturated heterocycles. The second kappa shape index (κ2) is 2.39. The first-order valence-electron chi connectivity index (χ1n) is 3.14. The Kier molecular flexibility index (Phi) is 1.51. The molecule has 1 aromatic rings. The number of hydrogen-bond donors (Lipinski definition) is 1. The first-order chi connectivity index (χ1) is 5.25. The smallest absolute Gasteiger partial charge is 0.200 e. The van der Waals surface area contributed by atoms with E-state index >= 15 is 0 Å². The van der Waals surface area contributed by atoms with E-state index in [2.05, 4.69) is 0 Å². The van der Waals surface area contributed by atoms with Crippen molar-refractivity contribution in [3.63, 3.8) is 0 Å². The molecule has 58 valence electrons. The molecule has 11 heavy (non-hydrogen) atoms. The molecule has 0 aromatic heterocycles. The molecule has 0 fully saturated rings. The van der Waals surface area contributed by atoms with Crippen LogP contribution in [-0.4, -0.2) is 5.56 Å². The topological polar surface area (TPSA) is 35.2 Å². The van der Waals surface area contributed by atoms with Crippen molar-refractivity contribution in [3.8, 4) is 5.75 Å². The first kappa shape index (κ1) is 6.94. The molecule has 0 saturated carbocycles. The maximum atomic E-state index is 12.6. The Hall–Kier alpha value is -0.740. The molecule has 2 N–H and O–H groups in total. The lowest BCUT2D eigenvalue weighted by Gasteiger charge is -1.99. The summed E-state index contributed by atoms with van der Waals surface area (Å²) in [5.41, 5.74) is 5.07. The molecule has 1 aliphatic heterocycles. The first-order valence-corrected chi connectivity index (χ1v) is 4.02. The molecule has 1 heterocycles. The Labute approximate surface area is 67.5 Å². The summed E-state index contributed by atoms with van der Waals surface area (Å²) in [7, 11) is 0. The maximum Gasteiger partial charge on any atom is 0.200 e. The zero-order valence-electron chi connectivity index (χ0n) is 5.58. The fraction of sp³-hybridized carbons (Fsp3) is 0.143. The number of fused-ring (bicyclic) bond motifs is 1. The summed E-state index contributed by atoms with van der Waals surface area (Å²) in [6.07, 6.45) is 0. The lowest BCUT2D eigenvalue weighted by Crippen LogP contribution is -2.18. The van der Waals surface area contributed by atoms with Gasteiger partial charge in [-0.25, -0.2) is 4.39 Å². The van der Waals surface area contributed by atoms with Crippen LogP contribution in [0, 0.1) is 5.82 Å². The zero-order valence-corrected chi connectivity index (χ0v) is 6.40. The van der Waals surface area contributed by atoms with Crippen LogP contribution < -0.4 is 10.5 Å². The molecule has 0 aliphatic carbocycles. The fourth-order valence-electron chi connectivity index (χ4n) is 0.946. The summed E-state index contributed by atoms with van der Waals surface area (Å²) in [5, 5.41) is 0. The molecular weight excluding hydrogens is 165 g/mol. The molecule has 1 atom stereocenters. The van der Waals surface area contributed by atoms with Crippen molar-refractivity contribution in [1.82, 2.24) is 0 Å². The quantitative estimate of drug-likeness (QED) is 0.643. The molecule has 1 aromatic carbocycles. The van der Waals surface area contributed by atoms with Gasteiger partial charge < -0.3 is 4.74 Å².